The monoisotopic (exact) mass is 382 g/mol. The van der Waals surface area contributed by atoms with Crippen LogP contribution in [0.4, 0.5) is 0 Å². The molecule has 0 bridgehead atoms. The summed E-state index contributed by atoms with van der Waals surface area (Å²) in [5, 5.41) is 9.86. The molecule has 138 valence electrons. The maximum atomic E-state index is 12.5. The lowest BCUT2D eigenvalue weighted by molar-refractivity contribution is 0.400. The van der Waals surface area contributed by atoms with Crippen LogP contribution < -0.4 is 15.0 Å². The molecule has 0 fully saturated rings. The zero-order valence-corrected chi connectivity index (χ0v) is 16.0. The van der Waals surface area contributed by atoms with E-state index in [1.165, 1.54) is 16.3 Å². The predicted molar refractivity (Wildman–Crippen MR) is 105 cm³/mol. The molecular weight excluding hydrogens is 364 g/mol. The summed E-state index contributed by atoms with van der Waals surface area (Å²) in [6.45, 7) is 0. The number of rotatable bonds is 5. The Morgan fingerprint density at radius 2 is 1.89 bits per heavy atom. The molecule has 27 heavy (non-hydrogen) atoms. The Morgan fingerprint density at radius 3 is 2.67 bits per heavy atom. The smallest absolute Gasteiger partial charge is 0.262 e. The van der Waals surface area contributed by atoms with Crippen molar-refractivity contribution in [2.75, 3.05) is 14.2 Å². The molecule has 0 amide bonds. The van der Waals surface area contributed by atoms with Crippen LogP contribution >= 0.6 is 11.8 Å². The third-order valence-corrected chi connectivity index (χ3v) is 5.42. The first kappa shape index (κ1) is 17.4. The summed E-state index contributed by atoms with van der Waals surface area (Å²) in [7, 11) is 4.99. The molecule has 0 saturated carbocycles. The standard InChI is InChI=1S/C19H18N4O3S/c1-22-17(24)14-6-4-5-7-15(14)23-18(22)20-21-19(23)27-11-12-10-13(25-2)8-9-16(12)26-3/h4-10H,11H2,1-3H3. The number of hydrogen-bond donors (Lipinski definition) is 0. The van der Waals surface area contributed by atoms with Gasteiger partial charge in [-0.15, -0.1) is 10.2 Å². The number of hydrogen-bond acceptors (Lipinski definition) is 6. The van der Waals surface area contributed by atoms with Crippen LogP contribution in [0.25, 0.3) is 16.7 Å². The second-order valence-corrected chi connectivity index (χ2v) is 6.91. The highest BCUT2D eigenvalue weighted by Gasteiger charge is 2.15. The summed E-state index contributed by atoms with van der Waals surface area (Å²) in [5.74, 6) is 2.69. The Morgan fingerprint density at radius 1 is 1.07 bits per heavy atom. The molecular formula is C19H18N4O3S. The van der Waals surface area contributed by atoms with Gasteiger partial charge >= 0.3 is 0 Å². The van der Waals surface area contributed by atoms with Gasteiger partial charge in [-0.2, -0.15) is 0 Å². The van der Waals surface area contributed by atoms with E-state index in [9.17, 15) is 4.79 Å². The number of fused-ring (bicyclic) bond motifs is 3. The number of para-hydroxylation sites is 1. The van der Waals surface area contributed by atoms with Crippen LogP contribution in [0.5, 0.6) is 11.5 Å². The van der Waals surface area contributed by atoms with Crippen LogP contribution in [0, 0.1) is 0 Å². The Kier molecular flexibility index (Phi) is 4.49. The number of methoxy groups -OCH3 is 2. The van der Waals surface area contributed by atoms with E-state index in [2.05, 4.69) is 10.2 Å². The zero-order chi connectivity index (χ0) is 19.0. The molecule has 2 aromatic heterocycles. The highest BCUT2D eigenvalue weighted by atomic mass is 32.2. The first-order chi connectivity index (χ1) is 13.1. The van der Waals surface area contributed by atoms with Gasteiger partial charge in [-0.05, 0) is 30.3 Å². The molecule has 4 aromatic rings. The summed E-state index contributed by atoms with van der Waals surface area (Å²) < 4.78 is 14.2. The van der Waals surface area contributed by atoms with Gasteiger partial charge in [0.05, 0.1) is 25.1 Å². The van der Waals surface area contributed by atoms with Crippen molar-refractivity contribution >= 4 is 28.4 Å². The largest absolute Gasteiger partial charge is 0.497 e. The molecule has 0 N–H and O–H groups in total. The maximum absolute atomic E-state index is 12.5. The highest BCUT2D eigenvalue weighted by molar-refractivity contribution is 7.98. The van der Waals surface area contributed by atoms with E-state index >= 15 is 0 Å². The van der Waals surface area contributed by atoms with Gasteiger partial charge in [-0.25, -0.2) is 0 Å². The minimum atomic E-state index is -0.0866. The lowest BCUT2D eigenvalue weighted by Gasteiger charge is -2.10. The first-order valence-corrected chi connectivity index (χ1v) is 9.29. The Balaban J connectivity index is 1.79. The number of nitrogens with zero attached hydrogens (tertiary/aromatic N) is 4. The Hall–Kier alpha value is -3.00. The third kappa shape index (κ3) is 2.91. The SMILES string of the molecule is COc1ccc(OC)c(CSc2nnc3n(C)c(=O)c4ccccc4n23)c1. The predicted octanol–water partition coefficient (Wildman–Crippen LogP) is 2.89. The van der Waals surface area contributed by atoms with Crippen molar-refractivity contribution in [2.45, 2.75) is 10.9 Å². The van der Waals surface area contributed by atoms with Crippen molar-refractivity contribution in [3.63, 3.8) is 0 Å². The molecule has 0 unspecified atom stereocenters. The molecule has 2 aromatic carbocycles. The molecule has 0 aliphatic rings. The molecule has 0 spiro atoms. The molecule has 0 aliphatic heterocycles. The lowest BCUT2D eigenvalue weighted by atomic mass is 10.2. The summed E-state index contributed by atoms with van der Waals surface area (Å²) in [4.78, 5) is 12.5. The van der Waals surface area contributed by atoms with Crippen molar-refractivity contribution in [3.8, 4) is 11.5 Å². The van der Waals surface area contributed by atoms with Crippen LogP contribution in [0.3, 0.4) is 0 Å². The molecule has 7 nitrogen and oxygen atoms in total. The van der Waals surface area contributed by atoms with E-state index < -0.39 is 0 Å². The van der Waals surface area contributed by atoms with Crippen LogP contribution in [-0.2, 0) is 12.8 Å². The molecule has 4 rings (SSSR count). The van der Waals surface area contributed by atoms with Crippen LogP contribution in [0.1, 0.15) is 5.56 Å². The first-order valence-electron chi connectivity index (χ1n) is 8.30. The second-order valence-electron chi connectivity index (χ2n) is 5.97. The molecule has 0 aliphatic carbocycles. The van der Waals surface area contributed by atoms with Gasteiger partial charge in [0, 0.05) is 18.4 Å². The lowest BCUT2D eigenvalue weighted by Crippen LogP contribution is -2.20. The van der Waals surface area contributed by atoms with Gasteiger partial charge < -0.3 is 9.47 Å². The van der Waals surface area contributed by atoms with Crippen molar-refractivity contribution in [3.05, 3.63) is 58.4 Å². The van der Waals surface area contributed by atoms with Gasteiger partial charge in [0.25, 0.3) is 5.56 Å². The maximum Gasteiger partial charge on any atom is 0.262 e. The number of benzene rings is 2. The van der Waals surface area contributed by atoms with Crippen molar-refractivity contribution in [2.24, 2.45) is 7.05 Å². The number of thioether (sulfide) groups is 1. The van der Waals surface area contributed by atoms with Crippen LogP contribution in [0.15, 0.2) is 52.4 Å². The minimum Gasteiger partial charge on any atom is -0.497 e. The fourth-order valence-electron chi connectivity index (χ4n) is 3.04. The molecule has 0 atom stereocenters. The van der Waals surface area contributed by atoms with E-state index in [4.69, 9.17) is 9.47 Å². The summed E-state index contributed by atoms with van der Waals surface area (Å²) in [6, 6.07) is 13.2. The quantitative estimate of drug-likeness (QED) is 0.494. The number of ether oxygens (including phenoxy) is 2. The zero-order valence-electron chi connectivity index (χ0n) is 15.2. The van der Waals surface area contributed by atoms with Gasteiger partial charge in [0.15, 0.2) is 5.16 Å². The summed E-state index contributed by atoms with van der Waals surface area (Å²) in [6.07, 6.45) is 0. The fourth-order valence-corrected chi connectivity index (χ4v) is 3.96. The van der Waals surface area contributed by atoms with Gasteiger partial charge in [0.1, 0.15) is 11.5 Å². The summed E-state index contributed by atoms with van der Waals surface area (Å²) in [5.41, 5.74) is 1.70. The molecule has 2 heterocycles. The second kappa shape index (κ2) is 6.96. The highest BCUT2D eigenvalue weighted by Crippen LogP contribution is 2.31. The van der Waals surface area contributed by atoms with E-state index in [1.54, 1.807) is 21.3 Å². The number of aromatic nitrogens is 4. The number of aryl methyl sites for hydroxylation is 1. The van der Waals surface area contributed by atoms with Crippen molar-refractivity contribution < 1.29 is 9.47 Å². The normalized spacial score (nSPS) is 11.2. The van der Waals surface area contributed by atoms with Gasteiger partial charge in [-0.1, -0.05) is 23.9 Å². The van der Waals surface area contributed by atoms with E-state index in [-0.39, 0.29) is 5.56 Å². The fraction of sp³-hybridized carbons (Fsp3) is 0.211. The van der Waals surface area contributed by atoms with Crippen LogP contribution in [0.2, 0.25) is 0 Å². The van der Waals surface area contributed by atoms with Crippen molar-refractivity contribution in [1.29, 1.82) is 0 Å². The molecule has 0 radical (unpaired) electrons. The third-order valence-electron chi connectivity index (χ3n) is 4.44. The Labute approximate surface area is 159 Å². The van der Waals surface area contributed by atoms with E-state index in [1.807, 2.05) is 46.9 Å². The van der Waals surface area contributed by atoms with E-state index in [0.717, 1.165) is 22.6 Å². The van der Waals surface area contributed by atoms with Gasteiger partial charge in [-0.3, -0.25) is 13.8 Å². The van der Waals surface area contributed by atoms with Crippen molar-refractivity contribution in [1.82, 2.24) is 19.2 Å². The van der Waals surface area contributed by atoms with E-state index in [0.29, 0.717) is 22.1 Å². The average Bonchev–Trinajstić information content (AvgIpc) is 3.14. The average molecular weight is 382 g/mol. The van der Waals surface area contributed by atoms with Gasteiger partial charge in [0.2, 0.25) is 5.78 Å². The Bertz CT molecular complexity index is 1200. The topological polar surface area (TPSA) is 70.7 Å². The molecule has 0 saturated heterocycles. The molecule has 8 heteroatoms. The summed E-state index contributed by atoms with van der Waals surface area (Å²) >= 11 is 1.53. The minimum absolute atomic E-state index is 0.0866. The van der Waals surface area contributed by atoms with Crippen LogP contribution in [-0.4, -0.2) is 33.4 Å².